The summed E-state index contributed by atoms with van der Waals surface area (Å²) in [5.41, 5.74) is 3.29. The van der Waals surface area contributed by atoms with Crippen LogP contribution in [0.2, 0.25) is 0 Å². The third-order valence-corrected chi connectivity index (χ3v) is 6.43. The summed E-state index contributed by atoms with van der Waals surface area (Å²) in [7, 11) is 1.65. The van der Waals surface area contributed by atoms with Crippen LogP contribution in [0.1, 0.15) is 52.5 Å². The topological polar surface area (TPSA) is 71.8 Å². The van der Waals surface area contributed by atoms with Crippen LogP contribution in [-0.2, 0) is 0 Å². The molecule has 0 bridgehead atoms. The Morgan fingerprint density at radius 2 is 1.81 bits per heavy atom. The maximum absolute atomic E-state index is 13.0. The number of aryl methyl sites for hydroxylation is 2. The molecule has 1 N–H and O–H groups in total. The highest BCUT2D eigenvalue weighted by atomic mass is 16.5. The highest BCUT2D eigenvalue weighted by Gasteiger charge is 2.24. The number of piperidine rings is 1. The van der Waals surface area contributed by atoms with Crippen molar-refractivity contribution in [3.8, 4) is 5.75 Å². The van der Waals surface area contributed by atoms with Crippen molar-refractivity contribution in [3.05, 3.63) is 75.1 Å². The molecule has 32 heavy (non-hydrogen) atoms. The first-order valence-electron chi connectivity index (χ1n) is 11.2. The van der Waals surface area contributed by atoms with Crippen molar-refractivity contribution in [1.82, 2.24) is 10.2 Å². The highest BCUT2D eigenvalue weighted by Crippen LogP contribution is 2.26. The van der Waals surface area contributed by atoms with E-state index in [9.17, 15) is 9.59 Å². The van der Waals surface area contributed by atoms with Crippen LogP contribution < -0.4 is 15.5 Å². The second-order valence-corrected chi connectivity index (χ2v) is 8.45. The molecule has 6 heteroatoms. The molecule has 4 rings (SSSR count). The van der Waals surface area contributed by atoms with Gasteiger partial charge in [0.25, 0.3) is 5.91 Å². The molecule has 168 valence electrons. The Hall–Kier alpha value is -3.12. The minimum Gasteiger partial charge on any atom is -0.497 e. The molecule has 1 amide bonds. The summed E-state index contributed by atoms with van der Waals surface area (Å²) >= 11 is 0. The second kappa shape index (κ2) is 9.57. The monoisotopic (exact) mass is 434 g/mol. The largest absolute Gasteiger partial charge is 0.497 e. The van der Waals surface area contributed by atoms with Crippen molar-refractivity contribution in [2.24, 2.45) is 0 Å². The number of methoxy groups -OCH3 is 1. The van der Waals surface area contributed by atoms with Crippen molar-refractivity contribution >= 4 is 16.9 Å². The van der Waals surface area contributed by atoms with Gasteiger partial charge in [0.15, 0.2) is 11.2 Å². The first kappa shape index (κ1) is 22.1. The molecule has 0 spiro atoms. The van der Waals surface area contributed by atoms with Gasteiger partial charge in [0.2, 0.25) is 0 Å². The van der Waals surface area contributed by atoms with Gasteiger partial charge in [0.1, 0.15) is 11.3 Å². The van der Waals surface area contributed by atoms with E-state index in [2.05, 4.69) is 10.2 Å². The van der Waals surface area contributed by atoms with Crippen molar-refractivity contribution in [2.75, 3.05) is 26.7 Å². The van der Waals surface area contributed by atoms with E-state index < -0.39 is 0 Å². The zero-order valence-corrected chi connectivity index (χ0v) is 18.9. The van der Waals surface area contributed by atoms with Gasteiger partial charge in [-0.2, -0.15) is 0 Å². The van der Waals surface area contributed by atoms with Gasteiger partial charge in [-0.3, -0.25) is 14.5 Å². The molecule has 1 aliphatic rings. The standard InChI is InChI=1S/C26H30N2O4/c1-17-7-12-21-23(29)15-24(32-25(21)18(17)2)26(30)27-16-22(28-13-5-4-6-14-28)19-8-10-20(31-3)11-9-19/h7-12,15,22H,4-6,13-14,16H2,1-3H3,(H,27,30)/t22-/m0/s1. The molecule has 1 aliphatic heterocycles. The minimum absolute atomic E-state index is 0.0429. The predicted molar refractivity (Wildman–Crippen MR) is 125 cm³/mol. The molecule has 6 nitrogen and oxygen atoms in total. The molecule has 0 saturated carbocycles. The van der Waals surface area contributed by atoms with E-state index in [0.717, 1.165) is 48.4 Å². The second-order valence-electron chi connectivity index (χ2n) is 8.45. The quantitative estimate of drug-likeness (QED) is 0.624. The molecule has 2 heterocycles. The van der Waals surface area contributed by atoms with Crippen LogP contribution in [0.3, 0.4) is 0 Å². The van der Waals surface area contributed by atoms with Gasteiger partial charge < -0.3 is 14.5 Å². The Labute approximate surface area is 188 Å². The minimum atomic E-state index is -0.375. The number of carbonyl (C=O) groups is 1. The Bertz CT molecular complexity index is 1160. The highest BCUT2D eigenvalue weighted by molar-refractivity contribution is 5.93. The molecule has 1 fully saturated rings. The van der Waals surface area contributed by atoms with Crippen LogP contribution in [0.15, 0.2) is 51.7 Å². The summed E-state index contributed by atoms with van der Waals surface area (Å²) in [6.07, 6.45) is 3.54. The summed E-state index contributed by atoms with van der Waals surface area (Å²) in [5, 5.41) is 3.50. The van der Waals surface area contributed by atoms with Gasteiger partial charge in [0.05, 0.1) is 18.5 Å². The molecular formula is C26H30N2O4. The lowest BCUT2D eigenvalue weighted by Crippen LogP contribution is -2.40. The zero-order valence-electron chi connectivity index (χ0n) is 18.9. The van der Waals surface area contributed by atoms with Crippen molar-refractivity contribution in [3.63, 3.8) is 0 Å². The summed E-state index contributed by atoms with van der Waals surface area (Å²) in [6, 6.07) is 13.0. The van der Waals surface area contributed by atoms with E-state index in [1.165, 1.54) is 12.5 Å². The molecule has 1 atom stereocenters. The predicted octanol–water partition coefficient (Wildman–Crippen LogP) is 4.38. The number of amides is 1. The van der Waals surface area contributed by atoms with Gasteiger partial charge in [-0.25, -0.2) is 0 Å². The van der Waals surface area contributed by atoms with E-state index in [-0.39, 0.29) is 23.1 Å². The Morgan fingerprint density at radius 3 is 2.50 bits per heavy atom. The van der Waals surface area contributed by atoms with Crippen LogP contribution in [0, 0.1) is 13.8 Å². The Kier molecular flexibility index (Phi) is 6.61. The first-order chi connectivity index (χ1) is 15.5. The summed E-state index contributed by atoms with van der Waals surface area (Å²) < 4.78 is 11.2. The third kappa shape index (κ3) is 4.55. The molecular weight excluding hydrogens is 404 g/mol. The maximum Gasteiger partial charge on any atom is 0.287 e. The van der Waals surface area contributed by atoms with Crippen LogP contribution >= 0.6 is 0 Å². The molecule has 2 aromatic carbocycles. The molecule has 3 aromatic rings. The van der Waals surface area contributed by atoms with Gasteiger partial charge in [-0.05, 0) is 74.7 Å². The number of carbonyl (C=O) groups excluding carboxylic acids is 1. The van der Waals surface area contributed by atoms with Crippen LogP contribution in [0.4, 0.5) is 0 Å². The van der Waals surface area contributed by atoms with Crippen molar-refractivity contribution in [1.29, 1.82) is 0 Å². The molecule has 0 aliphatic carbocycles. The van der Waals surface area contributed by atoms with Crippen molar-refractivity contribution in [2.45, 2.75) is 39.2 Å². The Balaban J connectivity index is 1.57. The maximum atomic E-state index is 13.0. The van der Waals surface area contributed by atoms with E-state index in [1.54, 1.807) is 13.2 Å². The number of nitrogens with zero attached hydrogens (tertiary/aromatic N) is 1. The number of likely N-dealkylation sites (tertiary alicyclic amines) is 1. The summed E-state index contributed by atoms with van der Waals surface area (Å²) in [5.74, 6) is 0.475. The number of ether oxygens (including phenoxy) is 1. The van der Waals surface area contributed by atoms with Gasteiger partial charge >= 0.3 is 0 Å². The fourth-order valence-corrected chi connectivity index (χ4v) is 4.35. The third-order valence-electron chi connectivity index (χ3n) is 6.43. The summed E-state index contributed by atoms with van der Waals surface area (Å²) in [6.45, 7) is 6.28. The summed E-state index contributed by atoms with van der Waals surface area (Å²) in [4.78, 5) is 28.0. The van der Waals surface area contributed by atoms with E-state index in [4.69, 9.17) is 9.15 Å². The van der Waals surface area contributed by atoms with Crippen LogP contribution in [0.5, 0.6) is 5.75 Å². The van der Waals surface area contributed by atoms with Gasteiger partial charge in [-0.15, -0.1) is 0 Å². The molecule has 1 saturated heterocycles. The van der Waals surface area contributed by atoms with E-state index in [0.29, 0.717) is 17.5 Å². The lowest BCUT2D eigenvalue weighted by molar-refractivity contribution is 0.0897. The number of rotatable bonds is 6. The van der Waals surface area contributed by atoms with E-state index in [1.807, 2.05) is 44.2 Å². The lowest BCUT2D eigenvalue weighted by Gasteiger charge is -2.35. The lowest BCUT2D eigenvalue weighted by atomic mass is 10.0. The number of hydrogen-bond donors (Lipinski definition) is 1. The molecule has 1 aromatic heterocycles. The van der Waals surface area contributed by atoms with Crippen LogP contribution in [-0.4, -0.2) is 37.6 Å². The number of nitrogens with one attached hydrogen (secondary N) is 1. The number of hydrogen-bond acceptors (Lipinski definition) is 5. The van der Waals surface area contributed by atoms with Crippen molar-refractivity contribution < 1.29 is 13.9 Å². The fourth-order valence-electron chi connectivity index (χ4n) is 4.35. The number of benzene rings is 2. The normalized spacial score (nSPS) is 15.5. The number of fused-ring (bicyclic) bond motifs is 1. The Morgan fingerprint density at radius 1 is 1.09 bits per heavy atom. The fraction of sp³-hybridized carbons (Fsp3) is 0.385. The first-order valence-corrected chi connectivity index (χ1v) is 11.2. The molecule has 0 unspecified atom stereocenters. The van der Waals surface area contributed by atoms with Gasteiger partial charge in [0, 0.05) is 12.6 Å². The molecule has 0 radical (unpaired) electrons. The van der Waals surface area contributed by atoms with E-state index >= 15 is 0 Å². The smallest absolute Gasteiger partial charge is 0.287 e. The SMILES string of the molecule is COc1ccc([C@H](CNC(=O)c2cc(=O)c3ccc(C)c(C)c3o2)N2CCCCC2)cc1. The van der Waals surface area contributed by atoms with Gasteiger partial charge in [-0.1, -0.05) is 24.6 Å². The average Bonchev–Trinajstić information content (AvgIpc) is 2.82. The van der Waals surface area contributed by atoms with Crippen LogP contribution in [0.25, 0.3) is 11.0 Å². The average molecular weight is 435 g/mol. The zero-order chi connectivity index (χ0) is 22.7.